The predicted molar refractivity (Wildman–Crippen MR) is 56.5 cm³/mol. The number of hydrogen-bond donors (Lipinski definition) is 1. The van der Waals surface area contributed by atoms with Gasteiger partial charge in [0.25, 0.3) is 0 Å². The summed E-state index contributed by atoms with van der Waals surface area (Å²) in [5.74, 6) is -0.609. The van der Waals surface area contributed by atoms with E-state index >= 15 is 0 Å². The molecule has 0 saturated carbocycles. The molecule has 16 heavy (non-hydrogen) atoms. The number of carbonyl (C=O) groups excluding carboxylic acids is 1. The summed E-state index contributed by atoms with van der Waals surface area (Å²) in [5.41, 5.74) is 2.53. The predicted octanol–water partition coefficient (Wildman–Crippen LogP) is 1.31. The van der Waals surface area contributed by atoms with Crippen LogP contribution in [-0.4, -0.2) is 17.7 Å². The zero-order valence-corrected chi connectivity index (χ0v) is 9.10. The summed E-state index contributed by atoms with van der Waals surface area (Å²) in [5, 5.41) is 9.85. The van der Waals surface area contributed by atoms with Crippen LogP contribution in [0.5, 0.6) is 0 Å². The molecule has 4 nitrogen and oxygen atoms in total. The average molecular weight is 222 g/mol. The van der Waals surface area contributed by atoms with Gasteiger partial charge in [-0.3, -0.25) is 0 Å². The Bertz CT molecular complexity index is 400. The van der Waals surface area contributed by atoms with Gasteiger partial charge >= 0.3 is 5.97 Å². The summed E-state index contributed by atoms with van der Waals surface area (Å²) in [4.78, 5) is 11.4. The molecular formula is C12H14O4. The maximum Gasteiger partial charge on any atom is 0.339 e. The van der Waals surface area contributed by atoms with Crippen molar-refractivity contribution in [3.8, 4) is 0 Å². The van der Waals surface area contributed by atoms with Gasteiger partial charge in [0.1, 0.15) is 0 Å². The first kappa shape index (κ1) is 11.1. The summed E-state index contributed by atoms with van der Waals surface area (Å²) >= 11 is 0. The Morgan fingerprint density at radius 1 is 1.56 bits per heavy atom. The summed E-state index contributed by atoms with van der Waals surface area (Å²) in [6.07, 6.45) is -1.21. The lowest BCUT2D eigenvalue weighted by Gasteiger charge is -2.13. The van der Waals surface area contributed by atoms with Crippen molar-refractivity contribution in [1.82, 2.24) is 0 Å². The molecule has 1 aromatic rings. The summed E-state index contributed by atoms with van der Waals surface area (Å²) in [6, 6.07) is 5.48. The smallest absolute Gasteiger partial charge is 0.339 e. The normalized spacial score (nSPS) is 15.6. The SMILES string of the molecule is CCOC(=O)C(O)c1cccc2c1COC2. The van der Waals surface area contributed by atoms with Gasteiger partial charge in [-0.15, -0.1) is 0 Å². The van der Waals surface area contributed by atoms with Crippen molar-refractivity contribution in [3.05, 3.63) is 34.9 Å². The number of hydrogen-bond acceptors (Lipinski definition) is 4. The number of esters is 1. The Morgan fingerprint density at radius 3 is 3.12 bits per heavy atom. The van der Waals surface area contributed by atoms with Crippen LogP contribution >= 0.6 is 0 Å². The number of benzene rings is 1. The van der Waals surface area contributed by atoms with Crippen molar-refractivity contribution < 1.29 is 19.4 Å². The van der Waals surface area contributed by atoms with Crippen LogP contribution < -0.4 is 0 Å². The number of aliphatic hydroxyl groups excluding tert-OH is 1. The minimum Gasteiger partial charge on any atom is -0.464 e. The minimum atomic E-state index is -1.21. The maximum absolute atomic E-state index is 11.4. The van der Waals surface area contributed by atoms with E-state index < -0.39 is 12.1 Å². The zero-order chi connectivity index (χ0) is 11.5. The second-order valence-electron chi connectivity index (χ2n) is 3.63. The van der Waals surface area contributed by atoms with Crippen LogP contribution in [0.4, 0.5) is 0 Å². The van der Waals surface area contributed by atoms with E-state index in [4.69, 9.17) is 9.47 Å². The molecule has 0 aromatic heterocycles. The van der Waals surface area contributed by atoms with E-state index in [1.54, 1.807) is 13.0 Å². The van der Waals surface area contributed by atoms with Crippen LogP contribution in [0.2, 0.25) is 0 Å². The quantitative estimate of drug-likeness (QED) is 0.783. The van der Waals surface area contributed by atoms with Gasteiger partial charge in [0.15, 0.2) is 6.10 Å². The molecule has 0 radical (unpaired) electrons. The number of fused-ring (bicyclic) bond motifs is 1. The standard InChI is InChI=1S/C12H14O4/c1-2-16-12(14)11(13)9-5-3-4-8-6-15-7-10(8)9/h3-5,11,13H,2,6-7H2,1H3. The van der Waals surface area contributed by atoms with Gasteiger partial charge in [-0.2, -0.15) is 0 Å². The summed E-state index contributed by atoms with van der Waals surface area (Å²) in [7, 11) is 0. The molecule has 1 aromatic carbocycles. The molecular weight excluding hydrogens is 208 g/mol. The molecule has 1 unspecified atom stereocenters. The Labute approximate surface area is 93.8 Å². The van der Waals surface area contributed by atoms with Gasteiger partial charge in [-0.25, -0.2) is 4.79 Å². The number of aliphatic hydroxyl groups is 1. The van der Waals surface area contributed by atoms with Gasteiger partial charge in [-0.1, -0.05) is 18.2 Å². The molecule has 1 heterocycles. The Hall–Kier alpha value is -1.39. The van der Waals surface area contributed by atoms with Crippen LogP contribution in [0.15, 0.2) is 18.2 Å². The second kappa shape index (κ2) is 4.63. The summed E-state index contributed by atoms with van der Waals surface area (Å²) < 4.78 is 10.1. The van der Waals surface area contributed by atoms with Crippen LogP contribution in [0.25, 0.3) is 0 Å². The fourth-order valence-corrected chi connectivity index (χ4v) is 1.83. The molecule has 1 N–H and O–H groups in total. The molecule has 0 bridgehead atoms. The number of rotatable bonds is 3. The Morgan fingerprint density at radius 2 is 2.38 bits per heavy atom. The first-order valence-electron chi connectivity index (χ1n) is 5.27. The third kappa shape index (κ3) is 1.94. The highest BCUT2D eigenvalue weighted by molar-refractivity contribution is 5.77. The average Bonchev–Trinajstić information content (AvgIpc) is 2.76. The lowest BCUT2D eigenvalue weighted by Crippen LogP contribution is -2.16. The molecule has 0 saturated heterocycles. The highest BCUT2D eigenvalue weighted by Crippen LogP contribution is 2.28. The van der Waals surface area contributed by atoms with Crippen molar-refractivity contribution in [3.63, 3.8) is 0 Å². The topological polar surface area (TPSA) is 55.8 Å². The van der Waals surface area contributed by atoms with Gasteiger partial charge in [0.05, 0.1) is 19.8 Å². The van der Waals surface area contributed by atoms with Gasteiger partial charge in [-0.05, 0) is 23.6 Å². The van der Waals surface area contributed by atoms with Crippen LogP contribution in [0.1, 0.15) is 29.7 Å². The van der Waals surface area contributed by atoms with Crippen molar-refractivity contribution in [1.29, 1.82) is 0 Å². The van der Waals surface area contributed by atoms with Crippen molar-refractivity contribution >= 4 is 5.97 Å². The second-order valence-corrected chi connectivity index (χ2v) is 3.63. The van der Waals surface area contributed by atoms with Crippen molar-refractivity contribution in [2.24, 2.45) is 0 Å². The molecule has 1 aliphatic rings. The van der Waals surface area contributed by atoms with Crippen molar-refractivity contribution in [2.75, 3.05) is 6.61 Å². The van der Waals surface area contributed by atoms with Crippen LogP contribution in [0, 0.1) is 0 Å². The minimum absolute atomic E-state index is 0.265. The molecule has 1 atom stereocenters. The fourth-order valence-electron chi connectivity index (χ4n) is 1.83. The third-order valence-corrected chi connectivity index (χ3v) is 2.62. The maximum atomic E-state index is 11.4. The monoisotopic (exact) mass is 222 g/mol. The van der Waals surface area contributed by atoms with E-state index in [9.17, 15) is 9.90 Å². The van der Waals surface area contributed by atoms with E-state index in [0.717, 1.165) is 11.1 Å². The molecule has 0 amide bonds. The Kier molecular flexibility index (Phi) is 3.22. The molecule has 4 heteroatoms. The molecule has 0 spiro atoms. The molecule has 86 valence electrons. The van der Waals surface area contributed by atoms with Crippen LogP contribution in [-0.2, 0) is 27.5 Å². The van der Waals surface area contributed by atoms with Crippen molar-refractivity contribution in [2.45, 2.75) is 26.2 Å². The lowest BCUT2D eigenvalue weighted by atomic mass is 9.99. The van der Waals surface area contributed by atoms with Gasteiger partial charge in [0, 0.05) is 0 Å². The summed E-state index contributed by atoms with van der Waals surface area (Å²) in [6.45, 7) is 2.96. The lowest BCUT2D eigenvalue weighted by molar-refractivity contribution is -0.153. The van der Waals surface area contributed by atoms with E-state index in [0.29, 0.717) is 18.8 Å². The molecule has 1 aliphatic heterocycles. The zero-order valence-electron chi connectivity index (χ0n) is 9.10. The van der Waals surface area contributed by atoms with E-state index in [1.165, 1.54) is 0 Å². The van der Waals surface area contributed by atoms with E-state index in [1.807, 2.05) is 12.1 Å². The first-order valence-corrected chi connectivity index (χ1v) is 5.27. The molecule has 0 fully saturated rings. The van der Waals surface area contributed by atoms with Crippen LogP contribution in [0.3, 0.4) is 0 Å². The first-order chi connectivity index (χ1) is 7.74. The van der Waals surface area contributed by atoms with E-state index in [2.05, 4.69) is 0 Å². The van der Waals surface area contributed by atoms with E-state index in [-0.39, 0.29) is 6.61 Å². The molecule has 2 rings (SSSR count). The number of ether oxygens (including phenoxy) is 2. The highest BCUT2D eigenvalue weighted by atomic mass is 16.5. The Balaban J connectivity index is 2.27. The fraction of sp³-hybridized carbons (Fsp3) is 0.417. The molecule has 0 aliphatic carbocycles. The largest absolute Gasteiger partial charge is 0.464 e. The number of carbonyl (C=O) groups is 1. The third-order valence-electron chi connectivity index (χ3n) is 2.62. The van der Waals surface area contributed by atoms with Gasteiger partial charge in [0.2, 0.25) is 0 Å². The highest BCUT2D eigenvalue weighted by Gasteiger charge is 2.25. The van der Waals surface area contributed by atoms with Gasteiger partial charge < -0.3 is 14.6 Å².